The summed E-state index contributed by atoms with van der Waals surface area (Å²) >= 11 is 5.47. The van der Waals surface area contributed by atoms with Crippen molar-refractivity contribution < 1.29 is 9.47 Å². The van der Waals surface area contributed by atoms with Crippen molar-refractivity contribution in [1.82, 2.24) is 0 Å². The van der Waals surface area contributed by atoms with Crippen LogP contribution in [0.2, 0.25) is 0 Å². The van der Waals surface area contributed by atoms with Crippen molar-refractivity contribution in [2.75, 3.05) is 13.2 Å². The molecule has 3 heteroatoms. The fraction of sp³-hybridized carbons (Fsp3) is 0.667. The number of halogens is 1. The smallest absolute Gasteiger partial charge is 0.222 e. The molecule has 0 radical (unpaired) electrons. The highest BCUT2D eigenvalue weighted by Gasteiger charge is 1.87. The van der Waals surface area contributed by atoms with E-state index in [1.807, 2.05) is 13.8 Å². The third-order valence-electron chi connectivity index (χ3n) is 0.625. The van der Waals surface area contributed by atoms with Crippen LogP contribution < -0.4 is 0 Å². The second kappa shape index (κ2) is 5.76. The average Bonchev–Trinajstić information content (AvgIpc) is 1.85. The van der Waals surface area contributed by atoms with Gasteiger partial charge in [-0.2, -0.15) is 0 Å². The maximum Gasteiger partial charge on any atom is 0.222 e. The van der Waals surface area contributed by atoms with Gasteiger partial charge in [0.2, 0.25) is 5.22 Å². The van der Waals surface area contributed by atoms with Crippen molar-refractivity contribution in [1.29, 1.82) is 0 Å². The van der Waals surface area contributed by atoms with Crippen LogP contribution in [0.15, 0.2) is 11.5 Å². The van der Waals surface area contributed by atoms with Crippen molar-refractivity contribution in [2.24, 2.45) is 0 Å². The Labute approximate surface area is 60.4 Å². The first kappa shape index (κ1) is 8.63. The van der Waals surface area contributed by atoms with Gasteiger partial charge in [-0.3, -0.25) is 0 Å². The summed E-state index contributed by atoms with van der Waals surface area (Å²) in [6, 6.07) is 0. The maximum atomic E-state index is 5.47. The van der Waals surface area contributed by atoms with E-state index in [4.69, 9.17) is 21.1 Å². The van der Waals surface area contributed by atoms with E-state index in [9.17, 15) is 0 Å². The molecule has 9 heavy (non-hydrogen) atoms. The Bertz CT molecular complexity index is 91.1. The number of rotatable bonds is 4. The van der Waals surface area contributed by atoms with E-state index in [0.29, 0.717) is 18.4 Å². The molecule has 0 rings (SSSR count). The molecule has 0 aliphatic rings. The van der Waals surface area contributed by atoms with Gasteiger partial charge in [-0.1, -0.05) is 0 Å². The predicted molar refractivity (Wildman–Crippen MR) is 37.2 cm³/mol. The van der Waals surface area contributed by atoms with Gasteiger partial charge in [0.05, 0.1) is 13.2 Å². The molecule has 0 saturated heterocycles. The third-order valence-corrected chi connectivity index (χ3v) is 0.823. The van der Waals surface area contributed by atoms with Gasteiger partial charge in [0.1, 0.15) is 6.26 Å². The van der Waals surface area contributed by atoms with Crippen molar-refractivity contribution in [3.05, 3.63) is 11.5 Å². The van der Waals surface area contributed by atoms with Crippen LogP contribution in [0, 0.1) is 0 Å². The Kier molecular flexibility index (Phi) is 5.52. The molecule has 0 amide bonds. The summed E-state index contributed by atoms with van der Waals surface area (Å²) < 4.78 is 9.67. The molecule has 2 nitrogen and oxygen atoms in total. The zero-order valence-electron chi connectivity index (χ0n) is 5.69. The SMILES string of the molecule is CCO/C=C(/Cl)OCC. The fourth-order valence-corrected chi connectivity index (χ4v) is 0.493. The first-order chi connectivity index (χ1) is 4.31. The molecular weight excluding hydrogens is 140 g/mol. The Morgan fingerprint density at radius 2 is 2.11 bits per heavy atom. The zero-order valence-corrected chi connectivity index (χ0v) is 6.44. The molecule has 0 spiro atoms. The van der Waals surface area contributed by atoms with Crippen molar-refractivity contribution in [3.63, 3.8) is 0 Å². The van der Waals surface area contributed by atoms with Gasteiger partial charge in [-0.05, 0) is 25.4 Å². The predicted octanol–water partition coefficient (Wildman–Crippen LogP) is 2.10. The molecule has 0 aliphatic carbocycles. The lowest BCUT2D eigenvalue weighted by atomic mass is 10.8. The molecule has 0 aromatic heterocycles. The van der Waals surface area contributed by atoms with Gasteiger partial charge in [-0.25, -0.2) is 0 Å². The second-order valence-electron chi connectivity index (χ2n) is 1.31. The fourth-order valence-electron chi connectivity index (χ4n) is 0.321. The molecule has 0 unspecified atom stereocenters. The number of hydrogen-bond donors (Lipinski definition) is 0. The first-order valence-electron chi connectivity index (χ1n) is 2.91. The van der Waals surface area contributed by atoms with E-state index in [2.05, 4.69) is 0 Å². The molecular formula is C6H11ClO2. The topological polar surface area (TPSA) is 18.5 Å². The van der Waals surface area contributed by atoms with E-state index in [1.165, 1.54) is 6.26 Å². The quantitative estimate of drug-likeness (QED) is 0.572. The van der Waals surface area contributed by atoms with E-state index in [-0.39, 0.29) is 0 Å². The van der Waals surface area contributed by atoms with Crippen LogP contribution in [0.25, 0.3) is 0 Å². The lowest BCUT2D eigenvalue weighted by molar-refractivity contribution is 0.211. The molecule has 54 valence electrons. The van der Waals surface area contributed by atoms with Crippen molar-refractivity contribution in [3.8, 4) is 0 Å². The van der Waals surface area contributed by atoms with Crippen LogP contribution in [-0.2, 0) is 9.47 Å². The van der Waals surface area contributed by atoms with Crippen LogP contribution in [0.4, 0.5) is 0 Å². The Balaban J connectivity index is 3.30. The van der Waals surface area contributed by atoms with Crippen LogP contribution in [-0.4, -0.2) is 13.2 Å². The van der Waals surface area contributed by atoms with Crippen molar-refractivity contribution in [2.45, 2.75) is 13.8 Å². The summed E-state index contributed by atoms with van der Waals surface area (Å²) in [4.78, 5) is 0. The number of hydrogen-bond acceptors (Lipinski definition) is 2. The lowest BCUT2D eigenvalue weighted by Crippen LogP contribution is -1.86. The van der Waals surface area contributed by atoms with Gasteiger partial charge < -0.3 is 9.47 Å². The van der Waals surface area contributed by atoms with E-state index >= 15 is 0 Å². The first-order valence-corrected chi connectivity index (χ1v) is 3.29. The molecule has 0 atom stereocenters. The molecule has 0 aromatic carbocycles. The van der Waals surface area contributed by atoms with Crippen LogP contribution >= 0.6 is 11.6 Å². The minimum absolute atomic E-state index is 0.305. The maximum absolute atomic E-state index is 5.47. The van der Waals surface area contributed by atoms with E-state index < -0.39 is 0 Å². The van der Waals surface area contributed by atoms with Gasteiger partial charge in [0.25, 0.3) is 0 Å². The van der Waals surface area contributed by atoms with Crippen molar-refractivity contribution >= 4 is 11.6 Å². The zero-order chi connectivity index (χ0) is 7.11. The van der Waals surface area contributed by atoms with E-state index in [1.54, 1.807) is 0 Å². The second-order valence-corrected chi connectivity index (χ2v) is 1.68. The van der Waals surface area contributed by atoms with Crippen LogP contribution in [0.3, 0.4) is 0 Å². The summed E-state index contributed by atoms with van der Waals surface area (Å²) in [6.45, 7) is 4.93. The third kappa shape index (κ3) is 5.50. The van der Waals surface area contributed by atoms with E-state index in [0.717, 1.165) is 0 Å². The highest BCUT2D eigenvalue weighted by atomic mass is 35.5. The molecule has 0 bridgehead atoms. The molecule has 0 fully saturated rings. The standard InChI is InChI=1S/C6H11ClO2/c1-3-8-5-6(7)9-4-2/h5H,3-4H2,1-2H3/b6-5-. The monoisotopic (exact) mass is 150 g/mol. The van der Waals surface area contributed by atoms with Gasteiger partial charge in [-0.15, -0.1) is 0 Å². The normalized spacial score (nSPS) is 11.2. The van der Waals surface area contributed by atoms with Crippen LogP contribution in [0.1, 0.15) is 13.8 Å². The summed E-state index contributed by atoms with van der Waals surface area (Å²) in [5.41, 5.74) is 0. The number of ether oxygens (including phenoxy) is 2. The Hall–Kier alpha value is -0.370. The lowest BCUT2D eigenvalue weighted by Gasteiger charge is -1.98. The molecule has 0 N–H and O–H groups in total. The minimum Gasteiger partial charge on any atom is -0.497 e. The highest BCUT2D eigenvalue weighted by molar-refractivity contribution is 6.28. The Morgan fingerprint density at radius 3 is 2.56 bits per heavy atom. The highest BCUT2D eigenvalue weighted by Crippen LogP contribution is 2.01. The minimum atomic E-state index is 0.305. The summed E-state index contributed by atoms with van der Waals surface area (Å²) in [5.74, 6) is 0. The molecule has 0 aromatic rings. The summed E-state index contributed by atoms with van der Waals surface area (Å²) in [6.07, 6.45) is 1.39. The largest absolute Gasteiger partial charge is 0.497 e. The van der Waals surface area contributed by atoms with Gasteiger partial charge in [0, 0.05) is 0 Å². The molecule has 0 heterocycles. The average molecular weight is 151 g/mol. The summed E-state index contributed by atoms with van der Waals surface area (Å²) in [7, 11) is 0. The van der Waals surface area contributed by atoms with Gasteiger partial charge >= 0.3 is 0 Å². The van der Waals surface area contributed by atoms with Gasteiger partial charge in [0.15, 0.2) is 0 Å². The molecule has 0 saturated carbocycles. The Morgan fingerprint density at radius 1 is 1.44 bits per heavy atom. The summed E-state index contributed by atoms with van der Waals surface area (Å²) in [5, 5.41) is 0.305. The van der Waals surface area contributed by atoms with Crippen LogP contribution in [0.5, 0.6) is 0 Å². The molecule has 0 aliphatic heterocycles.